The van der Waals surface area contributed by atoms with E-state index in [1.807, 2.05) is 0 Å². The molecule has 1 saturated heterocycles. The van der Waals surface area contributed by atoms with Gasteiger partial charge in [0.25, 0.3) is 0 Å². The lowest BCUT2D eigenvalue weighted by molar-refractivity contribution is 0.0680. The van der Waals surface area contributed by atoms with E-state index in [-0.39, 0.29) is 0 Å². The molecule has 0 spiro atoms. The molecule has 0 radical (unpaired) electrons. The van der Waals surface area contributed by atoms with Crippen LogP contribution >= 0.6 is 11.8 Å². The highest BCUT2D eigenvalue weighted by Gasteiger charge is 2.49. The van der Waals surface area contributed by atoms with Crippen molar-refractivity contribution in [3.8, 4) is 0 Å². The fraction of sp³-hybridized carbons (Fsp3) is 1.00. The lowest BCUT2D eigenvalue weighted by atomic mass is 9.86. The minimum atomic E-state index is 0.326. The molecule has 1 heterocycles. The molecule has 3 heteroatoms. The first kappa shape index (κ1) is 12.3. The Bertz CT molecular complexity index is 275. The minimum absolute atomic E-state index is 0.326. The summed E-state index contributed by atoms with van der Waals surface area (Å²) in [6.45, 7) is 4.62. The summed E-state index contributed by atoms with van der Waals surface area (Å²) < 4.78 is 0. The molecular weight excluding hydrogens is 228 g/mol. The Kier molecular flexibility index (Phi) is 3.44. The number of rotatable bonds is 5. The van der Waals surface area contributed by atoms with Gasteiger partial charge in [0.05, 0.1) is 0 Å². The van der Waals surface area contributed by atoms with E-state index in [1.54, 1.807) is 0 Å². The maximum absolute atomic E-state index is 6.24. The highest BCUT2D eigenvalue weighted by molar-refractivity contribution is 8.00. The van der Waals surface area contributed by atoms with Crippen LogP contribution in [0.25, 0.3) is 0 Å². The van der Waals surface area contributed by atoms with E-state index in [0.29, 0.717) is 5.54 Å². The molecule has 0 amide bonds. The van der Waals surface area contributed by atoms with Crippen LogP contribution in [0.2, 0.25) is 0 Å². The Morgan fingerprint density at radius 1 is 1.29 bits per heavy atom. The van der Waals surface area contributed by atoms with Crippen LogP contribution in [0.3, 0.4) is 0 Å². The van der Waals surface area contributed by atoms with Gasteiger partial charge >= 0.3 is 0 Å². The van der Waals surface area contributed by atoms with Gasteiger partial charge in [0.15, 0.2) is 0 Å². The van der Waals surface area contributed by atoms with Crippen molar-refractivity contribution in [2.75, 3.05) is 18.8 Å². The van der Waals surface area contributed by atoms with Crippen LogP contribution in [0.1, 0.15) is 45.4 Å². The number of thioether (sulfide) groups is 1. The van der Waals surface area contributed by atoms with Gasteiger partial charge in [-0.3, -0.25) is 4.90 Å². The summed E-state index contributed by atoms with van der Waals surface area (Å²) in [5.41, 5.74) is 6.56. The van der Waals surface area contributed by atoms with E-state index in [0.717, 1.165) is 23.8 Å². The van der Waals surface area contributed by atoms with Crippen LogP contribution in [0.4, 0.5) is 0 Å². The molecule has 2 unspecified atom stereocenters. The zero-order chi connectivity index (χ0) is 11.9. The van der Waals surface area contributed by atoms with Crippen LogP contribution in [0.5, 0.6) is 0 Å². The molecule has 0 aromatic rings. The molecular formula is C14H26N2S. The van der Waals surface area contributed by atoms with Crippen molar-refractivity contribution >= 4 is 11.8 Å². The summed E-state index contributed by atoms with van der Waals surface area (Å²) in [6, 6.07) is 0.875. The van der Waals surface area contributed by atoms with Gasteiger partial charge in [0.2, 0.25) is 0 Å². The predicted molar refractivity (Wildman–Crippen MR) is 75.4 cm³/mol. The topological polar surface area (TPSA) is 29.3 Å². The molecule has 17 heavy (non-hydrogen) atoms. The van der Waals surface area contributed by atoms with E-state index in [1.165, 1.54) is 50.8 Å². The van der Waals surface area contributed by atoms with Gasteiger partial charge in [-0.05, 0) is 50.2 Å². The van der Waals surface area contributed by atoms with Crippen molar-refractivity contribution in [2.45, 2.75) is 62.3 Å². The molecule has 3 aliphatic rings. The van der Waals surface area contributed by atoms with Crippen molar-refractivity contribution in [1.82, 2.24) is 4.90 Å². The largest absolute Gasteiger partial charge is 0.329 e. The quantitative estimate of drug-likeness (QED) is 0.817. The fourth-order valence-corrected chi connectivity index (χ4v) is 4.74. The number of hydrogen-bond donors (Lipinski definition) is 1. The lowest BCUT2D eigenvalue weighted by Gasteiger charge is -2.50. The molecule has 3 rings (SSSR count). The maximum Gasteiger partial charge on any atom is 0.0450 e. The number of hydrogen-bond acceptors (Lipinski definition) is 3. The molecule has 0 aromatic carbocycles. The molecule has 2 nitrogen and oxygen atoms in total. The minimum Gasteiger partial charge on any atom is -0.329 e. The van der Waals surface area contributed by atoms with E-state index in [2.05, 4.69) is 23.6 Å². The Labute approximate surface area is 110 Å². The molecule has 2 aliphatic carbocycles. The normalized spacial score (nSPS) is 38.6. The van der Waals surface area contributed by atoms with E-state index in [4.69, 9.17) is 5.73 Å². The van der Waals surface area contributed by atoms with Crippen molar-refractivity contribution in [3.63, 3.8) is 0 Å². The Balaban J connectivity index is 1.78. The molecule has 2 atom stereocenters. The summed E-state index contributed by atoms with van der Waals surface area (Å²) in [7, 11) is 0. The van der Waals surface area contributed by atoms with Gasteiger partial charge in [-0.1, -0.05) is 6.92 Å². The van der Waals surface area contributed by atoms with Crippen molar-refractivity contribution in [3.05, 3.63) is 0 Å². The van der Waals surface area contributed by atoms with Gasteiger partial charge in [-0.15, -0.1) is 0 Å². The van der Waals surface area contributed by atoms with Crippen molar-refractivity contribution in [1.29, 1.82) is 0 Å². The molecule has 98 valence electrons. The smallest absolute Gasteiger partial charge is 0.0450 e. The highest BCUT2D eigenvalue weighted by Crippen LogP contribution is 2.45. The van der Waals surface area contributed by atoms with Gasteiger partial charge in [-0.2, -0.15) is 11.8 Å². The second-order valence-electron chi connectivity index (χ2n) is 6.25. The van der Waals surface area contributed by atoms with Gasteiger partial charge < -0.3 is 5.73 Å². The summed E-state index contributed by atoms with van der Waals surface area (Å²) in [5.74, 6) is 2.34. The fourth-order valence-electron chi connectivity index (χ4n) is 3.42. The molecule has 3 fully saturated rings. The molecule has 1 aliphatic heterocycles. The van der Waals surface area contributed by atoms with Crippen molar-refractivity contribution < 1.29 is 0 Å². The van der Waals surface area contributed by atoms with Gasteiger partial charge in [-0.25, -0.2) is 0 Å². The zero-order valence-electron chi connectivity index (χ0n) is 11.0. The van der Waals surface area contributed by atoms with Gasteiger partial charge in [0, 0.05) is 29.9 Å². The average molecular weight is 254 g/mol. The van der Waals surface area contributed by atoms with Crippen LogP contribution in [0.15, 0.2) is 0 Å². The van der Waals surface area contributed by atoms with Crippen LogP contribution in [0, 0.1) is 5.92 Å². The summed E-state index contributed by atoms with van der Waals surface area (Å²) in [6.07, 6.45) is 8.47. The van der Waals surface area contributed by atoms with E-state index in [9.17, 15) is 0 Å². The predicted octanol–water partition coefficient (Wildman–Crippen LogP) is 2.47. The second kappa shape index (κ2) is 4.75. The maximum atomic E-state index is 6.24. The summed E-state index contributed by atoms with van der Waals surface area (Å²) in [4.78, 5) is 2.85. The number of nitrogens with zero attached hydrogens (tertiary/aromatic N) is 1. The average Bonchev–Trinajstić information content (AvgIpc) is 3.20. The molecule has 2 N–H and O–H groups in total. The van der Waals surface area contributed by atoms with E-state index < -0.39 is 0 Å². The zero-order valence-corrected chi connectivity index (χ0v) is 11.8. The third-order valence-corrected chi connectivity index (χ3v) is 6.41. The monoisotopic (exact) mass is 254 g/mol. The Morgan fingerprint density at radius 2 is 2.06 bits per heavy atom. The molecule has 0 bridgehead atoms. The third kappa shape index (κ3) is 2.39. The highest BCUT2D eigenvalue weighted by atomic mass is 32.2. The van der Waals surface area contributed by atoms with E-state index >= 15 is 0 Å². The van der Waals surface area contributed by atoms with Gasteiger partial charge in [0.1, 0.15) is 0 Å². The summed E-state index contributed by atoms with van der Waals surface area (Å²) >= 11 is 2.15. The third-order valence-electron chi connectivity index (χ3n) is 4.94. The molecule has 0 aromatic heterocycles. The Hall–Kier alpha value is 0.270. The standard InChI is InChI=1S/C14H26N2S/c1-11-14(10-15,7-2-8-17-11)16(13-5-6-13)9-12-3-4-12/h11-13H,2-10,15H2,1H3. The van der Waals surface area contributed by atoms with Crippen LogP contribution < -0.4 is 5.73 Å². The Morgan fingerprint density at radius 3 is 2.59 bits per heavy atom. The first-order valence-corrected chi connectivity index (χ1v) is 8.39. The van der Waals surface area contributed by atoms with Crippen molar-refractivity contribution in [2.24, 2.45) is 11.7 Å². The lowest BCUT2D eigenvalue weighted by Crippen LogP contribution is -2.62. The molecule has 2 saturated carbocycles. The van der Waals surface area contributed by atoms with Crippen LogP contribution in [-0.4, -0.2) is 40.6 Å². The summed E-state index contributed by atoms with van der Waals surface area (Å²) in [5, 5.41) is 0.723. The second-order valence-corrected chi connectivity index (χ2v) is 7.70. The SMILES string of the molecule is CC1SCCCC1(CN)N(CC1CC1)C1CC1. The van der Waals surface area contributed by atoms with Crippen LogP contribution in [-0.2, 0) is 0 Å². The first-order valence-electron chi connectivity index (χ1n) is 7.35. The number of nitrogens with two attached hydrogens (primary N) is 1. The first-order chi connectivity index (χ1) is 8.26.